The molecule has 36 heavy (non-hydrogen) atoms. The highest BCUT2D eigenvalue weighted by molar-refractivity contribution is 5.94. The molecule has 6 rings (SSSR count). The van der Waals surface area contributed by atoms with Crippen LogP contribution in [-0.2, 0) is 11.3 Å². The summed E-state index contributed by atoms with van der Waals surface area (Å²) in [4.78, 5) is 42.7. The summed E-state index contributed by atoms with van der Waals surface area (Å²) in [5.41, 5.74) is 2.06. The van der Waals surface area contributed by atoms with Crippen LogP contribution in [0.4, 0.5) is 8.78 Å². The van der Waals surface area contributed by atoms with Gasteiger partial charge in [0.05, 0.1) is 5.52 Å². The number of likely N-dealkylation sites (tertiary alicyclic amines) is 1. The molecule has 4 aromatic heterocycles. The molecule has 1 N–H and O–H groups in total. The zero-order chi connectivity index (χ0) is 24.8. The van der Waals surface area contributed by atoms with Gasteiger partial charge in [-0.2, -0.15) is 0 Å². The average Bonchev–Trinajstić information content (AvgIpc) is 3.43. The van der Waals surface area contributed by atoms with Gasteiger partial charge in [-0.1, -0.05) is 12.1 Å². The number of aromatic nitrogens is 6. The molecule has 1 aromatic carbocycles. The van der Waals surface area contributed by atoms with Crippen LogP contribution in [0.5, 0.6) is 0 Å². The van der Waals surface area contributed by atoms with Crippen molar-refractivity contribution in [2.45, 2.75) is 25.4 Å². The normalized spacial score (nSPS) is 14.7. The number of hydrogen-bond acceptors (Lipinski definition) is 5. The van der Waals surface area contributed by atoms with Gasteiger partial charge in [-0.05, 0) is 31.0 Å². The maximum Gasteiger partial charge on any atom is 0.327 e. The molecule has 9 nitrogen and oxygen atoms in total. The van der Waals surface area contributed by atoms with Gasteiger partial charge < -0.3 is 9.47 Å². The molecule has 0 radical (unpaired) electrons. The Morgan fingerprint density at radius 1 is 1.08 bits per heavy atom. The number of nitrogens with zero attached hydrogens (tertiary/aromatic N) is 6. The van der Waals surface area contributed by atoms with Crippen LogP contribution in [0.25, 0.3) is 33.3 Å². The van der Waals surface area contributed by atoms with E-state index in [1.165, 1.54) is 24.7 Å². The van der Waals surface area contributed by atoms with Gasteiger partial charge in [0.1, 0.15) is 18.5 Å². The number of carbonyl (C=O) groups is 1. The molecular weight excluding hydrogens is 468 g/mol. The summed E-state index contributed by atoms with van der Waals surface area (Å²) >= 11 is 0. The molecule has 1 amide bonds. The molecule has 0 saturated carbocycles. The van der Waals surface area contributed by atoms with E-state index in [-0.39, 0.29) is 29.7 Å². The van der Waals surface area contributed by atoms with E-state index in [4.69, 9.17) is 0 Å². The summed E-state index contributed by atoms with van der Waals surface area (Å²) in [7, 11) is 0. The number of pyridine rings is 1. The van der Waals surface area contributed by atoms with Crippen LogP contribution < -0.4 is 5.69 Å². The maximum absolute atomic E-state index is 14.5. The number of benzene rings is 1. The molecule has 0 unspecified atom stereocenters. The molecule has 11 heteroatoms. The Morgan fingerprint density at radius 2 is 1.92 bits per heavy atom. The lowest BCUT2D eigenvalue weighted by atomic mass is 10.0. The van der Waals surface area contributed by atoms with Gasteiger partial charge in [0.15, 0.2) is 17.3 Å². The number of aromatic amines is 1. The molecule has 1 aliphatic rings. The van der Waals surface area contributed by atoms with Crippen molar-refractivity contribution in [2.75, 3.05) is 13.1 Å². The molecule has 182 valence electrons. The smallest absolute Gasteiger partial charge is 0.327 e. The van der Waals surface area contributed by atoms with Crippen LogP contribution in [0.2, 0.25) is 0 Å². The third kappa shape index (κ3) is 3.63. The largest absolute Gasteiger partial charge is 0.341 e. The van der Waals surface area contributed by atoms with Crippen molar-refractivity contribution < 1.29 is 13.6 Å². The number of carbonyl (C=O) groups excluding carboxylic acids is 1. The third-order valence-corrected chi connectivity index (χ3v) is 6.76. The van der Waals surface area contributed by atoms with Crippen LogP contribution >= 0.6 is 0 Å². The Bertz CT molecular complexity index is 1660. The van der Waals surface area contributed by atoms with Gasteiger partial charge in [-0.25, -0.2) is 28.5 Å². The lowest BCUT2D eigenvalue weighted by molar-refractivity contribution is -0.133. The first kappa shape index (κ1) is 22.1. The van der Waals surface area contributed by atoms with Crippen molar-refractivity contribution in [3.05, 3.63) is 77.4 Å². The Hall–Kier alpha value is -4.41. The minimum atomic E-state index is -0.962. The quantitative estimate of drug-likeness (QED) is 0.418. The summed E-state index contributed by atoms with van der Waals surface area (Å²) in [6, 6.07) is 7.59. The maximum atomic E-state index is 14.5. The number of H-pyrrole nitrogens is 1. The summed E-state index contributed by atoms with van der Waals surface area (Å²) in [6.07, 6.45) is 7.38. The van der Waals surface area contributed by atoms with Gasteiger partial charge in [0.2, 0.25) is 5.91 Å². The highest BCUT2D eigenvalue weighted by Crippen LogP contribution is 2.32. The Morgan fingerprint density at radius 3 is 2.75 bits per heavy atom. The fourth-order valence-corrected chi connectivity index (χ4v) is 5.02. The number of amides is 1. The van der Waals surface area contributed by atoms with Crippen molar-refractivity contribution >= 4 is 28.1 Å². The first-order chi connectivity index (χ1) is 17.5. The molecular formula is C25H21F2N7O2. The lowest BCUT2D eigenvalue weighted by Gasteiger charge is -2.32. The van der Waals surface area contributed by atoms with Crippen LogP contribution in [0, 0.1) is 11.6 Å². The van der Waals surface area contributed by atoms with E-state index in [1.54, 1.807) is 32.5 Å². The second-order valence-electron chi connectivity index (χ2n) is 8.82. The fraction of sp³-hybridized carbons (Fsp3) is 0.240. The summed E-state index contributed by atoms with van der Waals surface area (Å²) in [5, 5.41) is 0.529. The zero-order valence-electron chi connectivity index (χ0n) is 19.1. The average molecular weight is 489 g/mol. The predicted octanol–water partition coefficient (Wildman–Crippen LogP) is 3.28. The van der Waals surface area contributed by atoms with Crippen molar-refractivity contribution in [1.82, 2.24) is 34.0 Å². The zero-order valence-corrected chi connectivity index (χ0v) is 19.1. The number of rotatable bonds is 4. The minimum Gasteiger partial charge on any atom is -0.341 e. The van der Waals surface area contributed by atoms with Crippen LogP contribution in [-0.4, -0.2) is 53.0 Å². The van der Waals surface area contributed by atoms with Crippen molar-refractivity contribution in [1.29, 1.82) is 0 Å². The van der Waals surface area contributed by atoms with Crippen molar-refractivity contribution in [3.63, 3.8) is 0 Å². The summed E-state index contributed by atoms with van der Waals surface area (Å²) in [5.74, 6) is -2.03. The number of hydrogen-bond donors (Lipinski definition) is 1. The SMILES string of the molecule is O=C(Cn1cc(-c2cccc(F)c2F)c2cncnc21)N1CCC(n2c(=O)[nH]c3ncccc32)CC1. The number of nitrogens with one attached hydrogen (secondary N) is 1. The lowest BCUT2D eigenvalue weighted by Crippen LogP contribution is -2.41. The molecule has 0 spiro atoms. The fourth-order valence-electron chi connectivity index (χ4n) is 5.02. The Kier molecular flexibility index (Phi) is 5.32. The number of halogens is 2. The number of imidazole rings is 1. The number of piperidine rings is 1. The van der Waals surface area contributed by atoms with Crippen LogP contribution in [0.1, 0.15) is 18.9 Å². The molecule has 1 fully saturated rings. The van der Waals surface area contributed by atoms with Gasteiger partial charge in [-0.15, -0.1) is 0 Å². The Labute approximate surface area is 203 Å². The molecule has 1 aliphatic heterocycles. The van der Waals surface area contributed by atoms with E-state index >= 15 is 0 Å². The van der Waals surface area contributed by atoms with Crippen LogP contribution in [0.15, 0.2) is 60.0 Å². The third-order valence-electron chi connectivity index (χ3n) is 6.76. The predicted molar refractivity (Wildman–Crippen MR) is 128 cm³/mol. The van der Waals surface area contributed by atoms with E-state index in [9.17, 15) is 18.4 Å². The van der Waals surface area contributed by atoms with Gasteiger partial charge in [0, 0.05) is 54.2 Å². The number of fused-ring (bicyclic) bond motifs is 2. The van der Waals surface area contributed by atoms with Gasteiger partial charge in [-0.3, -0.25) is 14.3 Å². The first-order valence-electron chi connectivity index (χ1n) is 11.6. The highest BCUT2D eigenvalue weighted by Gasteiger charge is 2.27. The van der Waals surface area contributed by atoms with E-state index in [1.807, 2.05) is 6.07 Å². The topological polar surface area (TPSA) is 102 Å². The summed E-state index contributed by atoms with van der Waals surface area (Å²) < 4.78 is 31.8. The summed E-state index contributed by atoms with van der Waals surface area (Å²) in [6.45, 7) is 0.969. The molecule has 0 aliphatic carbocycles. The van der Waals surface area contributed by atoms with E-state index in [0.717, 1.165) is 11.6 Å². The monoisotopic (exact) mass is 489 g/mol. The van der Waals surface area contributed by atoms with Gasteiger partial charge >= 0.3 is 5.69 Å². The Balaban J connectivity index is 1.23. The molecule has 5 heterocycles. The standard InChI is InChI=1S/C25H21F2N7O2/c26-19-4-1-3-16(22(19)27)18-12-33(24-17(18)11-28-14-30-24)13-21(35)32-9-6-15(7-10-32)34-20-5-2-8-29-23(20)31-25(34)36/h1-5,8,11-12,14-15H,6-7,9-10,13H2,(H,29,31,36). The van der Waals surface area contributed by atoms with E-state index < -0.39 is 11.6 Å². The minimum absolute atomic E-state index is 0.00787. The molecule has 1 saturated heterocycles. The first-order valence-corrected chi connectivity index (χ1v) is 11.6. The van der Waals surface area contributed by atoms with Crippen molar-refractivity contribution in [3.8, 4) is 11.1 Å². The molecule has 0 bridgehead atoms. The van der Waals surface area contributed by atoms with E-state index in [2.05, 4.69) is 19.9 Å². The van der Waals surface area contributed by atoms with Crippen LogP contribution in [0.3, 0.4) is 0 Å². The second kappa shape index (κ2) is 8.67. The molecule has 0 atom stereocenters. The second-order valence-corrected chi connectivity index (χ2v) is 8.82. The highest BCUT2D eigenvalue weighted by atomic mass is 19.2. The molecule has 5 aromatic rings. The van der Waals surface area contributed by atoms with Crippen molar-refractivity contribution in [2.24, 2.45) is 0 Å². The van der Waals surface area contributed by atoms with Gasteiger partial charge in [0.25, 0.3) is 0 Å². The van der Waals surface area contributed by atoms with E-state index in [0.29, 0.717) is 48.2 Å².